The molecule has 0 aromatic heterocycles. The van der Waals surface area contributed by atoms with Crippen molar-refractivity contribution in [3.05, 3.63) is 77.9 Å². The molecule has 0 bridgehead atoms. The summed E-state index contributed by atoms with van der Waals surface area (Å²) in [7, 11) is 0. The molecule has 5 heteroatoms. The molecule has 164 valence electrons. The van der Waals surface area contributed by atoms with Crippen molar-refractivity contribution in [2.75, 3.05) is 19.7 Å². The van der Waals surface area contributed by atoms with Crippen LogP contribution in [0.3, 0.4) is 0 Å². The Morgan fingerprint density at radius 2 is 1.65 bits per heavy atom. The van der Waals surface area contributed by atoms with Crippen LogP contribution >= 0.6 is 0 Å². The van der Waals surface area contributed by atoms with Crippen molar-refractivity contribution in [1.29, 1.82) is 0 Å². The lowest BCUT2D eigenvalue weighted by molar-refractivity contribution is -0.145. The molecule has 1 saturated heterocycles. The van der Waals surface area contributed by atoms with Crippen molar-refractivity contribution in [3.63, 3.8) is 0 Å². The van der Waals surface area contributed by atoms with Crippen LogP contribution < -0.4 is 0 Å². The average molecular weight is 422 g/mol. The first-order valence-corrected chi connectivity index (χ1v) is 10.9. The maximum Gasteiger partial charge on any atom is 0.307 e. The molecule has 1 aliphatic heterocycles. The van der Waals surface area contributed by atoms with E-state index in [1.807, 2.05) is 43.3 Å². The quantitative estimate of drug-likeness (QED) is 0.559. The Morgan fingerprint density at radius 1 is 1.03 bits per heavy atom. The number of carbonyl (C=O) groups excluding carboxylic acids is 2. The lowest BCUT2D eigenvalue weighted by Crippen LogP contribution is -2.33. The monoisotopic (exact) mass is 421 g/mol. The van der Waals surface area contributed by atoms with Crippen molar-refractivity contribution in [1.82, 2.24) is 4.90 Å². The standard InChI is InChI=1S/C26H31NO4/c1-3-30-26(29)18-23-17-24(31-20(2)28)19-27(23)16-10-15-25(21-11-6-4-7-12-21)22-13-8-5-9-14-22/h4-9,11-15,23-24H,3,10,16-19H2,1-2H3/t23-,24+/m1/s1. The van der Waals surface area contributed by atoms with Gasteiger partial charge in [0.05, 0.1) is 13.0 Å². The molecule has 0 radical (unpaired) electrons. The first-order valence-electron chi connectivity index (χ1n) is 10.9. The molecule has 1 heterocycles. The van der Waals surface area contributed by atoms with Gasteiger partial charge in [-0.2, -0.15) is 0 Å². The van der Waals surface area contributed by atoms with E-state index in [-0.39, 0.29) is 24.1 Å². The summed E-state index contributed by atoms with van der Waals surface area (Å²) in [6.45, 7) is 5.04. The molecular formula is C26H31NO4. The van der Waals surface area contributed by atoms with Gasteiger partial charge in [-0.3, -0.25) is 14.5 Å². The second-order valence-electron chi connectivity index (χ2n) is 7.76. The Balaban J connectivity index is 1.72. The maximum atomic E-state index is 12.1. The van der Waals surface area contributed by atoms with Gasteiger partial charge in [0, 0.05) is 32.5 Å². The number of hydrogen-bond donors (Lipinski definition) is 0. The lowest BCUT2D eigenvalue weighted by atomic mass is 9.97. The highest BCUT2D eigenvalue weighted by molar-refractivity contribution is 5.79. The van der Waals surface area contributed by atoms with E-state index in [0.29, 0.717) is 26.0 Å². The molecule has 5 nitrogen and oxygen atoms in total. The molecule has 0 N–H and O–H groups in total. The minimum absolute atomic E-state index is 0.0219. The molecule has 0 spiro atoms. The minimum atomic E-state index is -0.280. The van der Waals surface area contributed by atoms with Crippen molar-refractivity contribution in [3.8, 4) is 0 Å². The number of esters is 2. The third kappa shape index (κ3) is 6.79. The van der Waals surface area contributed by atoms with Gasteiger partial charge >= 0.3 is 11.9 Å². The fourth-order valence-electron chi connectivity index (χ4n) is 4.17. The summed E-state index contributed by atoms with van der Waals surface area (Å²) >= 11 is 0. The van der Waals surface area contributed by atoms with Crippen LogP contribution in [0.15, 0.2) is 66.7 Å². The van der Waals surface area contributed by atoms with Gasteiger partial charge in [0.15, 0.2) is 0 Å². The molecule has 2 atom stereocenters. The van der Waals surface area contributed by atoms with Crippen molar-refractivity contribution in [2.45, 2.75) is 45.3 Å². The minimum Gasteiger partial charge on any atom is -0.466 e. The average Bonchev–Trinajstić information content (AvgIpc) is 3.12. The number of hydrogen-bond acceptors (Lipinski definition) is 5. The van der Waals surface area contributed by atoms with Gasteiger partial charge in [-0.25, -0.2) is 0 Å². The fraction of sp³-hybridized carbons (Fsp3) is 0.385. The van der Waals surface area contributed by atoms with Gasteiger partial charge in [0.25, 0.3) is 0 Å². The molecule has 3 rings (SSSR count). The summed E-state index contributed by atoms with van der Waals surface area (Å²) in [5.74, 6) is -0.483. The van der Waals surface area contributed by atoms with Gasteiger partial charge in [-0.1, -0.05) is 66.7 Å². The zero-order valence-electron chi connectivity index (χ0n) is 18.3. The maximum absolute atomic E-state index is 12.1. The van der Waals surface area contributed by atoms with Crippen LogP contribution in [0.4, 0.5) is 0 Å². The van der Waals surface area contributed by atoms with Crippen LogP contribution in [0, 0.1) is 0 Å². The first-order chi connectivity index (χ1) is 15.1. The van der Waals surface area contributed by atoms with Crippen LogP contribution in [-0.4, -0.2) is 48.7 Å². The predicted octanol–water partition coefficient (Wildman–Crippen LogP) is 4.47. The molecule has 0 unspecified atom stereocenters. The number of likely N-dealkylation sites (tertiary alicyclic amines) is 1. The summed E-state index contributed by atoms with van der Waals surface area (Å²) < 4.78 is 10.6. The number of benzene rings is 2. The Kier molecular flexibility index (Phi) is 8.42. The summed E-state index contributed by atoms with van der Waals surface area (Å²) in [5.41, 5.74) is 3.55. The van der Waals surface area contributed by atoms with Crippen LogP contribution in [0.5, 0.6) is 0 Å². The van der Waals surface area contributed by atoms with Crippen LogP contribution in [0.1, 0.15) is 44.2 Å². The normalized spacial score (nSPS) is 18.4. The number of ether oxygens (including phenoxy) is 2. The summed E-state index contributed by atoms with van der Waals surface area (Å²) in [6.07, 6.45) is 3.88. The van der Waals surface area contributed by atoms with E-state index in [4.69, 9.17) is 9.47 Å². The smallest absolute Gasteiger partial charge is 0.307 e. The fourth-order valence-corrected chi connectivity index (χ4v) is 4.17. The first kappa shape index (κ1) is 22.8. The molecule has 1 fully saturated rings. The zero-order chi connectivity index (χ0) is 22.1. The molecule has 2 aromatic rings. The van der Waals surface area contributed by atoms with Gasteiger partial charge in [-0.15, -0.1) is 0 Å². The summed E-state index contributed by atoms with van der Waals surface area (Å²) in [6, 6.07) is 20.7. The van der Waals surface area contributed by atoms with Crippen molar-refractivity contribution >= 4 is 17.5 Å². The van der Waals surface area contributed by atoms with Crippen molar-refractivity contribution < 1.29 is 19.1 Å². The van der Waals surface area contributed by atoms with E-state index in [9.17, 15) is 9.59 Å². The zero-order valence-corrected chi connectivity index (χ0v) is 18.3. The van der Waals surface area contributed by atoms with Crippen LogP contribution in [0.25, 0.3) is 5.57 Å². The number of rotatable bonds is 9. The van der Waals surface area contributed by atoms with E-state index in [0.717, 1.165) is 13.0 Å². The van der Waals surface area contributed by atoms with E-state index in [1.54, 1.807) is 0 Å². The molecule has 31 heavy (non-hydrogen) atoms. The highest BCUT2D eigenvalue weighted by Gasteiger charge is 2.35. The molecule has 2 aromatic carbocycles. The second kappa shape index (κ2) is 11.5. The molecular weight excluding hydrogens is 390 g/mol. The number of nitrogens with zero attached hydrogens (tertiary/aromatic N) is 1. The second-order valence-corrected chi connectivity index (χ2v) is 7.76. The van der Waals surface area contributed by atoms with Crippen LogP contribution in [0.2, 0.25) is 0 Å². The Bertz CT molecular complexity index is 837. The Morgan fingerprint density at radius 3 is 2.19 bits per heavy atom. The molecule has 0 amide bonds. The van der Waals surface area contributed by atoms with Gasteiger partial charge < -0.3 is 9.47 Å². The predicted molar refractivity (Wildman–Crippen MR) is 121 cm³/mol. The third-order valence-corrected chi connectivity index (χ3v) is 5.46. The molecule has 0 saturated carbocycles. The molecule has 1 aliphatic rings. The van der Waals surface area contributed by atoms with Gasteiger partial charge in [-0.05, 0) is 30.0 Å². The molecule has 0 aliphatic carbocycles. The highest BCUT2D eigenvalue weighted by atomic mass is 16.5. The van der Waals surface area contributed by atoms with E-state index in [2.05, 4.69) is 35.2 Å². The summed E-state index contributed by atoms with van der Waals surface area (Å²) in [4.78, 5) is 25.7. The topological polar surface area (TPSA) is 55.8 Å². The third-order valence-electron chi connectivity index (χ3n) is 5.46. The van der Waals surface area contributed by atoms with Gasteiger partial charge in [0.1, 0.15) is 6.10 Å². The highest BCUT2D eigenvalue weighted by Crippen LogP contribution is 2.26. The van der Waals surface area contributed by atoms with E-state index in [1.165, 1.54) is 23.6 Å². The Labute approximate surface area is 184 Å². The van der Waals surface area contributed by atoms with E-state index >= 15 is 0 Å². The van der Waals surface area contributed by atoms with Crippen molar-refractivity contribution in [2.24, 2.45) is 0 Å². The van der Waals surface area contributed by atoms with Gasteiger partial charge in [0.2, 0.25) is 0 Å². The Hall–Kier alpha value is -2.92. The SMILES string of the molecule is CCOC(=O)C[C@H]1C[C@H](OC(C)=O)CN1CCC=C(c1ccccc1)c1ccccc1. The number of carbonyl (C=O) groups is 2. The van der Waals surface area contributed by atoms with Crippen LogP contribution in [-0.2, 0) is 19.1 Å². The lowest BCUT2D eigenvalue weighted by Gasteiger charge is -2.22. The summed E-state index contributed by atoms with van der Waals surface area (Å²) in [5, 5.41) is 0. The van der Waals surface area contributed by atoms with E-state index < -0.39 is 0 Å². The largest absolute Gasteiger partial charge is 0.466 e.